The van der Waals surface area contributed by atoms with Gasteiger partial charge in [-0.05, 0) is 57.9 Å². The van der Waals surface area contributed by atoms with Gasteiger partial charge in [-0.3, -0.25) is 4.79 Å². The molecule has 116 valence electrons. The summed E-state index contributed by atoms with van der Waals surface area (Å²) >= 11 is 0. The van der Waals surface area contributed by atoms with Crippen LogP contribution >= 0.6 is 0 Å². The van der Waals surface area contributed by atoms with Crippen LogP contribution in [0.15, 0.2) is 6.33 Å². The number of aryl methyl sites for hydroxylation is 1. The van der Waals surface area contributed by atoms with Crippen molar-refractivity contribution in [2.75, 3.05) is 6.54 Å². The first kappa shape index (κ1) is 14.6. The minimum absolute atomic E-state index is 0.206. The minimum Gasteiger partial charge on any atom is -0.368 e. The van der Waals surface area contributed by atoms with Gasteiger partial charge in [0.2, 0.25) is 5.91 Å². The largest absolute Gasteiger partial charge is 0.368 e. The number of hydrogen-bond donors (Lipinski definition) is 2. The Bertz CT molecular complexity index is 520. The van der Waals surface area contributed by atoms with Crippen LogP contribution in [-0.2, 0) is 17.6 Å². The van der Waals surface area contributed by atoms with Crippen molar-refractivity contribution in [2.45, 2.75) is 69.9 Å². The third kappa shape index (κ3) is 2.59. The zero-order valence-corrected chi connectivity index (χ0v) is 12.9. The SMILES string of the molecule is CCNC1(C(N)=O)CCCC(n2cnc3c2CCCC3)C1. The number of primary amides is 1. The fraction of sp³-hybridized carbons (Fsp3) is 0.750. The van der Waals surface area contributed by atoms with Gasteiger partial charge in [-0.15, -0.1) is 0 Å². The number of nitrogens with one attached hydrogen (secondary N) is 1. The van der Waals surface area contributed by atoms with Gasteiger partial charge in [0.25, 0.3) is 0 Å². The van der Waals surface area contributed by atoms with Crippen molar-refractivity contribution < 1.29 is 4.79 Å². The Balaban J connectivity index is 1.86. The highest BCUT2D eigenvalue weighted by Gasteiger charge is 2.41. The van der Waals surface area contributed by atoms with Crippen LogP contribution in [0, 0.1) is 0 Å². The van der Waals surface area contributed by atoms with Crippen LogP contribution in [0.3, 0.4) is 0 Å². The molecular weight excluding hydrogens is 264 g/mol. The molecule has 1 aromatic rings. The first-order valence-corrected chi connectivity index (χ1v) is 8.26. The molecule has 2 atom stereocenters. The van der Waals surface area contributed by atoms with E-state index < -0.39 is 5.54 Å². The highest BCUT2D eigenvalue weighted by molar-refractivity contribution is 5.84. The number of nitrogens with two attached hydrogens (primary N) is 1. The molecule has 0 radical (unpaired) electrons. The molecule has 1 aromatic heterocycles. The fourth-order valence-corrected chi connectivity index (χ4v) is 4.10. The van der Waals surface area contributed by atoms with Crippen LogP contribution in [0.5, 0.6) is 0 Å². The van der Waals surface area contributed by atoms with Crippen LogP contribution in [0.4, 0.5) is 0 Å². The van der Waals surface area contributed by atoms with Gasteiger partial charge in [0.15, 0.2) is 0 Å². The van der Waals surface area contributed by atoms with Gasteiger partial charge < -0.3 is 15.6 Å². The number of aromatic nitrogens is 2. The molecular formula is C16H26N4O. The van der Waals surface area contributed by atoms with Gasteiger partial charge in [0, 0.05) is 11.7 Å². The number of likely N-dealkylation sites (N-methyl/N-ethyl adjacent to an activating group) is 1. The van der Waals surface area contributed by atoms with Crippen molar-refractivity contribution in [3.8, 4) is 0 Å². The van der Waals surface area contributed by atoms with Crippen molar-refractivity contribution in [2.24, 2.45) is 5.73 Å². The van der Waals surface area contributed by atoms with Gasteiger partial charge >= 0.3 is 0 Å². The predicted octanol–water partition coefficient (Wildman–Crippen LogP) is 1.71. The Morgan fingerprint density at radius 2 is 2.29 bits per heavy atom. The Kier molecular flexibility index (Phi) is 4.02. The van der Waals surface area contributed by atoms with Gasteiger partial charge in [0.1, 0.15) is 0 Å². The molecule has 2 aliphatic rings. The summed E-state index contributed by atoms with van der Waals surface area (Å²) in [7, 11) is 0. The molecule has 1 fully saturated rings. The predicted molar refractivity (Wildman–Crippen MR) is 82.0 cm³/mol. The van der Waals surface area contributed by atoms with Crippen LogP contribution in [-0.4, -0.2) is 27.5 Å². The molecule has 1 amide bonds. The lowest BCUT2D eigenvalue weighted by Crippen LogP contribution is -2.58. The summed E-state index contributed by atoms with van der Waals surface area (Å²) in [6.45, 7) is 2.81. The molecule has 21 heavy (non-hydrogen) atoms. The van der Waals surface area contributed by atoms with Gasteiger partial charge in [-0.1, -0.05) is 6.92 Å². The molecule has 1 heterocycles. The highest BCUT2D eigenvalue weighted by atomic mass is 16.1. The Morgan fingerprint density at radius 1 is 1.48 bits per heavy atom. The molecule has 3 N–H and O–H groups in total. The average Bonchev–Trinajstić information content (AvgIpc) is 2.91. The van der Waals surface area contributed by atoms with Crippen molar-refractivity contribution in [1.29, 1.82) is 0 Å². The third-order valence-electron chi connectivity index (χ3n) is 5.17. The number of amides is 1. The van der Waals surface area contributed by atoms with E-state index in [1.165, 1.54) is 24.2 Å². The van der Waals surface area contributed by atoms with Crippen LogP contribution in [0.25, 0.3) is 0 Å². The molecule has 3 rings (SSSR count). The maximum Gasteiger partial charge on any atom is 0.237 e. The maximum absolute atomic E-state index is 12.0. The number of hydrogen-bond acceptors (Lipinski definition) is 3. The summed E-state index contributed by atoms with van der Waals surface area (Å²) in [5.74, 6) is -0.206. The molecule has 0 bridgehead atoms. The van der Waals surface area contributed by atoms with E-state index in [4.69, 9.17) is 5.73 Å². The van der Waals surface area contributed by atoms with Crippen molar-refractivity contribution in [3.63, 3.8) is 0 Å². The lowest BCUT2D eigenvalue weighted by atomic mass is 9.78. The normalized spacial score (nSPS) is 29.1. The lowest BCUT2D eigenvalue weighted by Gasteiger charge is -2.40. The zero-order valence-electron chi connectivity index (χ0n) is 12.9. The minimum atomic E-state index is -0.538. The summed E-state index contributed by atoms with van der Waals surface area (Å²) < 4.78 is 2.34. The number of carbonyl (C=O) groups excluding carboxylic acids is 1. The summed E-state index contributed by atoms with van der Waals surface area (Å²) in [5.41, 5.74) is 7.83. The Labute approximate surface area is 126 Å². The maximum atomic E-state index is 12.0. The fourth-order valence-electron chi connectivity index (χ4n) is 4.10. The second kappa shape index (κ2) is 5.79. The second-order valence-electron chi connectivity index (χ2n) is 6.48. The first-order chi connectivity index (χ1) is 10.2. The Morgan fingerprint density at radius 3 is 3.05 bits per heavy atom. The smallest absolute Gasteiger partial charge is 0.237 e. The van der Waals surface area contributed by atoms with Crippen molar-refractivity contribution in [3.05, 3.63) is 17.7 Å². The molecule has 0 aliphatic heterocycles. The second-order valence-corrected chi connectivity index (χ2v) is 6.48. The molecule has 0 saturated heterocycles. The van der Waals surface area contributed by atoms with Gasteiger partial charge in [0.05, 0.1) is 17.6 Å². The molecule has 5 nitrogen and oxygen atoms in total. The van der Waals surface area contributed by atoms with E-state index in [2.05, 4.69) is 14.9 Å². The molecule has 0 spiro atoms. The molecule has 2 unspecified atom stereocenters. The number of carbonyl (C=O) groups is 1. The number of nitrogens with zero attached hydrogens (tertiary/aromatic N) is 2. The van der Waals surface area contributed by atoms with Crippen LogP contribution in [0.2, 0.25) is 0 Å². The first-order valence-electron chi connectivity index (χ1n) is 8.26. The van der Waals surface area contributed by atoms with E-state index in [9.17, 15) is 4.79 Å². The quantitative estimate of drug-likeness (QED) is 0.886. The van der Waals surface area contributed by atoms with E-state index in [-0.39, 0.29) is 5.91 Å². The van der Waals surface area contributed by atoms with E-state index >= 15 is 0 Å². The molecule has 2 aliphatic carbocycles. The number of rotatable bonds is 4. The summed E-state index contributed by atoms with van der Waals surface area (Å²) in [6, 6.07) is 0.347. The number of fused-ring (bicyclic) bond motifs is 1. The number of imidazole rings is 1. The van der Waals surface area contributed by atoms with E-state index in [1.54, 1.807) is 0 Å². The highest BCUT2D eigenvalue weighted by Crippen LogP contribution is 2.37. The van der Waals surface area contributed by atoms with Gasteiger partial charge in [-0.25, -0.2) is 4.98 Å². The summed E-state index contributed by atoms with van der Waals surface area (Å²) in [4.78, 5) is 16.6. The summed E-state index contributed by atoms with van der Waals surface area (Å²) in [6.07, 6.45) is 10.5. The average molecular weight is 290 g/mol. The monoisotopic (exact) mass is 290 g/mol. The lowest BCUT2D eigenvalue weighted by molar-refractivity contribution is -0.126. The zero-order chi connectivity index (χ0) is 14.9. The van der Waals surface area contributed by atoms with Crippen LogP contribution < -0.4 is 11.1 Å². The van der Waals surface area contributed by atoms with Crippen molar-refractivity contribution in [1.82, 2.24) is 14.9 Å². The molecule has 5 heteroatoms. The standard InChI is InChI=1S/C16H26N4O/c1-2-19-16(15(17)21)9-5-6-12(10-16)20-11-18-13-7-3-4-8-14(13)20/h11-12,19H,2-10H2,1H3,(H2,17,21). The van der Waals surface area contributed by atoms with E-state index in [0.717, 1.165) is 45.1 Å². The van der Waals surface area contributed by atoms with Crippen LogP contribution in [0.1, 0.15) is 62.9 Å². The topological polar surface area (TPSA) is 72.9 Å². The Hall–Kier alpha value is -1.36. The van der Waals surface area contributed by atoms with E-state index in [0.29, 0.717) is 6.04 Å². The molecule has 0 aromatic carbocycles. The summed E-state index contributed by atoms with van der Waals surface area (Å²) in [5, 5.41) is 3.36. The molecule has 1 saturated carbocycles. The third-order valence-corrected chi connectivity index (χ3v) is 5.17. The van der Waals surface area contributed by atoms with Crippen molar-refractivity contribution >= 4 is 5.91 Å². The van der Waals surface area contributed by atoms with E-state index in [1.807, 2.05) is 13.3 Å². The van der Waals surface area contributed by atoms with Gasteiger partial charge in [-0.2, -0.15) is 0 Å².